The van der Waals surface area contributed by atoms with Gasteiger partial charge in [0.15, 0.2) is 0 Å². The minimum atomic E-state index is -0.973. The molecule has 1 aromatic carbocycles. The number of aliphatic hydroxyl groups is 2. The molecule has 0 radical (unpaired) electrons. The van der Waals surface area contributed by atoms with Crippen LogP contribution >= 0.6 is 0 Å². The lowest BCUT2D eigenvalue weighted by atomic mass is 10.0. The fourth-order valence-corrected chi connectivity index (χ4v) is 2.51. The second-order valence-electron chi connectivity index (χ2n) is 7.45. The van der Waals surface area contributed by atoms with Gasteiger partial charge in [-0.2, -0.15) is 4.98 Å². The average Bonchev–Trinajstić information content (AvgIpc) is 2.71. The van der Waals surface area contributed by atoms with E-state index in [1.807, 2.05) is 6.92 Å². The van der Waals surface area contributed by atoms with Crippen LogP contribution in [0.2, 0.25) is 0 Å². The molecule has 0 bridgehead atoms. The number of methoxy groups -OCH3 is 1. The smallest absolute Gasteiger partial charge is 0.327 e. The molecule has 0 saturated heterocycles. The molecular weight excluding hydrogens is 386 g/mol. The first kappa shape index (κ1) is 23.4. The van der Waals surface area contributed by atoms with Crippen LogP contribution in [0.5, 0.6) is 5.75 Å². The number of hydrogen-bond acceptors (Lipinski definition) is 7. The topological polar surface area (TPSA) is 120 Å². The lowest BCUT2D eigenvalue weighted by Crippen LogP contribution is -2.40. The summed E-state index contributed by atoms with van der Waals surface area (Å²) in [7, 11) is 1.58. The highest BCUT2D eigenvalue weighted by molar-refractivity contribution is 5.98. The molecule has 2 aromatic rings. The number of nitrogens with zero attached hydrogens (tertiary/aromatic N) is 3. The van der Waals surface area contributed by atoms with Gasteiger partial charge >= 0.3 is 6.03 Å². The molecule has 0 saturated carbocycles. The Bertz CT molecular complexity index is 808. The number of urea groups is 1. The monoisotopic (exact) mass is 417 g/mol. The van der Waals surface area contributed by atoms with Crippen LogP contribution in [0.1, 0.15) is 33.6 Å². The molecule has 4 N–H and O–H groups in total. The van der Waals surface area contributed by atoms with Gasteiger partial charge in [-0.25, -0.2) is 14.7 Å². The summed E-state index contributed by atoms with van der Waals surface area (Å²) in [5, 5.41) is 25.0. The van der Waals surface area contributed by atoms with Crippen molar-refractivity contribution in [3.05, 3.63) is 36.5 Å². The van der Waals surface area contributed by atoms with Gasteiger partial charge in [-0.05, 0) is 57.9 Å². The lowest BCUT2D eigenvalue weighted by Gasteiger charge is -2.27. The number of unbranched alkanes of at least 4 members (excludes halogenated alkanes) is 1. The van der Waals surface area contributed by atoms with Crippen molar-refractivity contribution in [2.24, 2.45) is 0 Å². The number of nitrogens with one attached hydrogen (secondary N) is 2. The zero-order valence-corrected chi connectivity index (χ0v) is 17.9. The van der Waals surface area contributed by atoms with E-state index >= 15 is 0 Å². The van der Waals surface area contributed by atoms with Gasteiger partial charge in [0.05, 0.1) is 24.4 Å². The largest absolute Gasteiger partial charge is 0.497 e. The highest BCUT2D eigenvalue weighted by Crippen LogP contribution is 2.27. The van der Waals surface area contributed by atoms with E-state index in [0.29, 0.717) is 42.6 Å². The summed E-state index contributed by atoms with van der Waals surface area (Å²) >= 11 is 0. The summed E-state index contributed by atoms with van der Waals surface area (Å²) in [5.41, 5.74) is -0.366. The van der Waals surface area contributed by atoms with Gasteiger partial charge in [-0.15, -0.1) is 0 Å². The summed E-state index contributed by atoms with van der Waals surface area (Å²) in [4.78, 5) is 23.1. The number of hydrogen-bond donors (Lipinski definition) is 4. The summed E-state index contributed by atoms with van der Waals surface area (Å²) in [6.45, 7) is 5.72. The van der Waals surface area contributed by atoms with Crippen LogP contribution in [0, 0.1) is 0 Å². The zero-order valence-electron chi connectivity index (χ0n) is 17.9. The number of carbonyl (C=O) groups is 1. The SMILES string of the molecule is COc1ccc(N(C(=O)NCCCCO)c2ccnc(N[C@@H](C)C(C)(C)O)n2)cc1. The van der Waals surface area contributed by atoms with E-state index in [4.69, 9.17) is 9.84 Å². The van der Waals surface area contributed by atoms with Crippen molar-refractivity contribution in [2.45, 2.75) is 45.3 Å². The molecule has 9 nitrogen and oxygen atoms in total. The maximum absolute atomic E-state index is 13.0. The Labute approximate surface area is 177 Å². The Morgan fingerprint density at radius 3 is 2.53 bits per heavy atom. The minimum Gasteiger partial charge on any atom is -0.497 e. The maximum atomic E-state index is 13.0. The predicted octanol–water partition coefficient (Wildman–Crippen LogP) is 2.68. The number of aliphatic hydroxyl groups excluding tert-OH is 1. The van der Waals surface area contributed by atoms with Gasteiger partial charge in [0.25, 0.3) is 0 Å². The van der Waals surface area contributed by atoms with Gasteiger partial charge in [0, 0.05) is 25.4 Å². The molecule has 2 amide bonds. The van der Waals surface area contributed by atoms with Gasteiger partial charge in [0.1, 0.15) is 11.6 Å². The first-order valence-corrected chi connectivity index (χ1v) is 9.91. The van der Waals surface area contributed by atoms with Crippen molar-refractivity contribution in [1.82, 2.24) is 15.3 Å². The molecule has 1 heterocycles. The van der Waals surface area contributed by atoms with Crippen molar-refractivity contribution in [3.63, 3.8) is 0 Å². The van der Waals surface area contributed by atoms with Crippen LogP contribution in [-0.4, -0.2) is 58.1 Å². The summed E-state index contributed by atoms with van der Waals surface area (Å²) in [6.07, 6.45) is 2.83. The Morgan fingerprint density at radius 1 is 1.23 bits per heavy atom. The molecule has 164 valence electrons. The first-order chi connectivity index (χ1) is 14.3. The predicted molar refractivity (Wildman–Crippen MR) is 116 cm³/mol. The van der Waals surface area contributed by atoms with Crippen molar-refractivity contribution >= 4 is 23.5 Å². The van der Waals surface area contributed by atoms with E-state index in [2.05, 4.69) is 20.6 Å². The molecule has 1 atom stereocenters. The number of carbonyl (C=O) groups excluding carboxylic acids is 1. The first-order valence-electron chi connectivity index (χ1n) is 9.91. The molecule has 0 fully saturated rings. The average molecular weight is 418 g/mol. The van der Waals surface area contributed by atoms with Gasteiger partial charge < -0.3 is 25.6 Å². The maximum Gasteiger partial charge on any atom is 0.327 e. The molecule has 1 aromatic heterocycles. The minimum absolute atomic E-state index is 0.0817. The van der Waals surface area contributed by atoms with Crippen LogP contribution in [0.4, 0.5) is 22.2 Å². The molecule has 30 heavy (non-hydrogen) atoms. The Kier molecular flexibility index (Phi) is 8.37. The third kappa shape index (κ3) is 6.57. The highest BCUT2D eigenvalue weighted by Gasteiger charge is 2.24. The van der Waals surface area contributed by atoms with Gasteiger partial charge in [-0.3, -0.25) is 0 Å². The number of anilines is 3. The molecule has 0 unspecified atom stereocenters. The Hall–Kier alpha value is -2.91. The molecule has 9 heteroatoms. The Morgan fingerprint density at radius 2 is 1.93 bits per heavy atom. The fourth-order valence-electron chi connectivity index (χ4n) is 2.51. The quantitative estimate of drug-likeness (QED) is 0.439. The summed E-state index contributed by atoms with van der Waals surface area (Å²) in [5.74, 6) is 1.35. The van der Waals surface area contributed by atoms with Crippen molar-refractivity contribution < 1.29 is 19.7 Å². The number of aromatic nitrogens is 2. The van der Waals surface area contributed by atoms with Crippen LogP contribution in [0.3, 0.4) is 0 Å². The number of benzene rings is 1. The molecule has 0 aliphatic rings. The van der Waals surface area contributed by atoms with E-state index in [-0.39, 0.29) is 18.7 Å². The molecular formula is C21H31N5O4. The Balaban J connectivity index is 2.31. The number of rotatable bonds is 10. The van der Waals surface area contributed by atoms with Gasteiger partial charge in [-0.1, -0.05) is 0 Å². The number of amides is 2. The van der Waals surface area contributed by atoms with Crippen molar-refractivity contribution in [3.8, 4) is 5.75 Å². The van der Waals surface area contributed by atoms with E-state index < -0.39 is 5.60 Å². The number of ether oxygens (including phenoxy) is 1. The standard InChI is InChI=1S/C21H31N5O4/c1-15(21(2,3)29)24-19-22-13-11-18(25-19)26(20(28)23-12-5-6-14-27)16-7-9-17(30-4)10-8-16/h7-11,13,15,27,29H,5-6,12,14H2,1-4H3,(H,23,28)(H,22,24,25)/t15-/m0/s1. The van der Waals surface area contributed by atoms with E-state index in [9.17, 15) is 9.90 Å². The molecule has 0 aliphatic heterocycles. The second kappa shape index (κ2) is 10.7. The molecule has 2 rings (SSSR count). The summed E-state index contributed by atoms with van der Waals surface area (Å²) in [6, 6.07) is 8.03. The van der Waals surface area contributed by atoms with Crippen LogP contribution < -0.4 is 20.3 Å². The normalized spacial score (nSPS) is 12.2. The van der Waals surface area contributed by atoms with Crippen LogP contribution in [-0.2, 0) is 0 Å². The summed E-state index contributed by atoms with van der Waals surface area (Å²) < 4.78 is 5.20. The van der Waals surface area contributed by atoms with E-state index in [1.165, 1.54) is 4.90 Å². The van der Waals surface area contributed by atoms with Crippen molar-refractivity contribution in [2.75, 3.05) is 30.5 Å². The fraction of sp³-hybridized carbons (Fsp3) is 0.476. The third-order valence-electron chi connectivity index (χ3n) is 4.67. The highest BCUT2D eigenvalue weighted by atomic mass is 16.5. The zero-order chi connectivity index (χ0) is 22.1. The van der Waals surface area contributed by atoms with E-state index in [1.54, 1.807) is 57.5 Å². The van der Waals surface area contributed by atoms with Crippen LogP contribution in [0.25, 0.3) is 0 Å². The molecule has 0 spiro atoms. The van der Waals surface area contributed by atoms with E-state index in [0.717, 1.165) is 0 Å². The van der Waals surface area contributed by atoms with Gasteiger partial charge in [0.2, 0.25) is 5.95 Å². The second-order valence-corrected chi connectivity index (χ2v) is 7.45. The third-order valence-corrected chi connectivity index (χ3v) is 4.67. The van der Waals surface area contributed by atoms with Crippen LogP contribution in [0.15, 0.2) is 36.5 Å². The lowest BCUT2D eigenvalue weighted by molar-refractivity contribution is 0.0646. The molecule has 0 aliphatic carbocycles. The van der Waals surface area contributed by atoms with Crippen molar-refractivity contribution in [1.29, 1.82) is 0 Å².